The fourth-order valence-electron chi connectivity index (χ4n) is 1.11. The standard InChI is InChI=1S/C7H7N5/c8-4-12-5-1-2-10-7(5)11-3-6(12)9/h1-4,8-10H. The number of aromatic amines is 1. The zero-order valence-corrected chi connectivity index (χ0v) is 6.20. The molecule has 0 bridgehead atoms. The molecule has 0 amide bonds. The van der Waals surface area contributed by atoms with E-state index in [1.165, 1.54) is 10.8 Å². The van der Waals surface area contributed by atoms with Crippen LogP contribution in [0.25, 0.3) is 11.2 Å². The number of hydrogen-bond donors (Lipinski definition) is 3. The molecule has 0 aliphatic rings. The first-order valence-corrected chi connectivity index (χ1v) is 3.43. The van der Waals surface area contributed by atoms with E-state index in [0.717, 1.165) is 11.9 Å². The lowest BCUT2D eigenvalue weighted by molar-refractivity contribution is 0.997. The minimum absolute atomic E-state index is 0.206. The van der Waals surface area contributed by atoms with Gasteiger partial charge in [-0.2, -0.15) is 0 Å². The molecule has 0 saturated heterocycles. The van der Waals surface area contributed by atoms with Crippen LogP contribution in [0.15, 0.2) is 18.5 Å². The maximum absolute atomic E-state index is 7.43. The summed E-state index contributed by atoms with van der Waals surface area (Å²) in [5.74, 6) is 0. The number of H-pyrrole nitrogens is 1. The smallest absolute Gasteiger partial charge is 0.154 e. The lowest BCUT2D eigenvalue weighted by Gasteiger charge is -1.98. The SMILES string of the molecule is N=Cn1c(=N)cnc2[nH]ccc21. The van der Waals surface area contributed by atoms with Gasteiger partial charge in [-0.3, -0.25) is 15.4 Å². The number of rotatable bonds is 1. The van der Waals surface area contributed by atoms with Crippen LogP contribution in [0.4, 0.5) is 0 Å². The van der Waals surface area contributed by atoms with Crippen LogP contribution >= 0.6 is 0 Å². The molecule has 0 spiro atoms. The Bertz CT molecular complexity index is 478. The molecule has 12 heavy (non-hydrogen) atoms. The van der Waals surface area contributed by atoms with E-state index < -0.39 is 0 Å². The Morgan fingerprint density at radius 3 is 3.17 bits per heavy atom. The molecule has 2 rings (SSSR count). The Morgan fingerprint density at radius 1 is 1.58 bits per heavy atom. The van der Waals surface area contributed by atoms with E-state index in [1.807, 2.05) is 0 Å². The number of fused-ring (bicyclic) bond motifs is 1. The van der Waals surface area contributed by atoms with E-state index in [1.54, 1.807) is 12.3 Å². The van der Waals surface area contributed by atoms with Gasteiger partial charge in [-0.05, 0) is 6.07 Å². The second-order valence-electron chi connectivity index (χ2n) is 2.35. The van der Waals surface area contributed by atoms with Gasteiger partial charge in [0.2, 0.25) is 0 Å². The Morgan fingerprint density at radius 2 is 2.42 bits per heavy atom. The average molecular weight is 161 g/mol. The molecule has 5 heteroatoms. The molecule has 60 valence electrons. The zero-order chi connectivity index (χ0) is 8.55. The van der Waals surface area contributed by atoms with Gasteiger partial charge in [0.25, 0.3) is 0 Å². The molecule has 0 unspecified atom stereocenters. The number of hydrogen-bond acceptors (Lipinski definition) is 3. The van der Waals surface area contributed by atoms with Gasteiger partial charge >= 0.3 is 0 Å². The molecule has 0 saturated carbocycles. The van der Waals surface area contributed by atoms with Gasteiger partial charge in [-0.25, -0.2) is 4.98 Å². The minimum atomic E-state index is 0.206. The fraction of sp³-hybridized carbons (Fsp3) is 0. The predicted molar refractivity (Wildman–Crippen MR) is 44.1 cm³/mol. The molecule has 0 atom stereocenters. The second kappa shape index (κ2) is 2.30. The molecule has 0 aliphatic heterocycles. The van der Waals surface area contributed by atoms with Gasteiger partial charge < -0.3 is 4.98 Å². The van der Waals surface area contributed by atoms with Crippen LogP contribution in [-0.4, -0.2) is 20.9 Å². The number of nitrogens with zero attached hydrogens (tertiary/aromatic N) is 2. The first kappa shape index (κ1) is 6.78. The maximum atomic E-state index is 7.43. The maximum Gasteiger partial charge on any atom is 0.154 e. The quantitative estimate of drug-likeness (QED) is 0.408. The molecule has 3 N–H and O–H groups in total. The van der Waals surface area contributed by atoms with Crippen LogP contribution < -0.4 is 5.49 Å². The monoisotopic (exact) mass is 161 g/mol. The summed E-state index contributed by atoms with van der Waals surface area (Å²) in [4.78, 5) is 6.88. The molecular formula is C7H7N5. The van der Waals surface area contributed by atoms with Crippen molar-refractivity contribution in [1.29, 1.82) is 10.8 Å². The Labute approximate surface area is 67.7 Å². The van der Waals surface area contributed by atoms with Gasteiger partial charge in [-0.1, -0.05) is 0 Å². The summed E-state index contributed by atoms with van der Waals surface area (Å²) in [5.41, 5.74) is 1.64. The average Bonchev–Trinajstić information content (AvgIpc) is 2.52. The summed E-state index contributed by atoms with van der Waals surface area (Å²) in [6, 6.07) is 1.78. The molecule has 0 fully saturated rings. The predicted octanol–water partition coefficient (Wildman–Crippen LogP) is 0.299. The first-order valence-electron chi connectivity index (χ1n) is 3.43. The van der Waals surface area contributed by atoms with Crippen LogP contribution in [-0.2, 0) is 0 Å². The van der Waals surface area contributed by atoms with Gasteiger partial charge in [0.15, 0.2) is 5.65 Å². The van der Waals surface area contributed by atoms with Gasteiger partial charge in [-0.15, -0.1) is 0 Å². The lowest BCUT2D eigenvalue weighted by Crippen LogP contribution is -2.19. The number of aromatic nitrogens is 3. The summed E-state index contributed by atoms with van der Waals surface area (Å²) in [6.45, 7) is 0. The van der Waals surface area contributed by atoms with E-state index in [0.29, 0.717) is 5.65 Å². The third-order valence-electron chi connectivity index (χ3n) is 1.67. The molecule has 2 aromatic heterocycles. The van der Waals surface area contributed by atoms with Crippen molar-refractivity contribution in [2.45, 2.75) is 0 Å². The third-order valence-corrected chi connectivity index (χ3v) is 1.67. The largest absolute Gasteiger partial charge is 0.345 e. The van der Waals surface area contributed by atoms with Crippen molar-refractivity contribution in [1.82, 2.24) is 14.5 Å². The van der Waals surface area contributed by atoms with Crippen LogP contribution in [0.1, 0.15) is 0 Å². The highest BCUT2D eigenvalue weighted by Gasteiger charge is 1.98. The normalized spacial score (nSPS) is 10.3. The van der Waals surface area contributed by atoms with Gasteiger partial charge in [0.05, 0.1) is 18.1 Å². The highest BCUT2D eigenvalue weighted by molar-refractivity contribution is 5.78. The molecule has 2 aromatic rings. The highest BCUT2D eigenvalue weighted by Crippen LogP contribution is 2.03. The van der Waals surface area contributed by atoms with Crippen LogP contribution in [0, 0.1) is 10.8 Å². The summed E-state index contributed by atoms with van der Waals surface area (Å²) in [5, 5.41) is 14.5. The van der Waals surface area contributed by atoms with Crippen LogP contribution in [0.2, 0.25) is 0 Å². The van der Waals surface area contributed by atoms with Gasteiger partial charge in [0.1, 0.15) is 5.49 Å². The summed E-state index contributed by atoms with van der Waals surface area (Å²) in [6.07, 6.45) is 4.24. The summed E-state index contributed by atoms with van der Waals surface area (Å²) in [7, 11) is 0. The molecule has 5 nitrogen and oxygen atoms in total. The molecular weight excluding hydrogens is 154 g/mol. The van der Waals surface area contributed by atoms with Gasteiger partial charge in [0, 0.05) is 6.20 Å². The second-order valence-corrected chi connectivity index (χ2v) is 2.35. The first-order chi connectivity index (χ1) is 5.83. The fourth-order valence-corrected chi connectivity index (χ4v) is 1.11. The minimum Gasteiger partial charge on any atom is -0.345 e. The Kier molecular flexibility index (Phi) is 1.30. The van der Waals surface area contributed by atoms with E-state index in [9.17, 15) is 0 Å². The van der Waals surface area contributed by atoms with Crippen molar-refractivity contribution in [3.8, 4) is 0 Å². The van der Waals surface area contributed by atoms with Crippen molar-refractivity contribution < 1.29 is 0 Å². The van der Waals surface area contributed by atoms with Crippen LogP contribution in [0.5, 0.6) is 0 Å². The number of nitrogens with one attached hydrogen (secondary N) is 3. The van der Waals surface area contributed by atoms with E-state index in [4.69, 9.17) is 10.8 Å². The topological polar surface area (TPSA) is 81.3 Å². The van der Waals surface area contributed by atoms with Crippen molar-refractivity contribution in [2.24, 2.45) is 0 Å². The highest BCUT2D eigenvalue weighted by atomic mass is 15.0. The lowest BCUT2D eigenvalue weighted by atomic mass is 10.5. The van der Waals surface area contributed by atoms with Crippen molar-refractivity contribution >= 4 is 17.5 Å². The van der Waals surface area contributed by atoms with E-state index in [-0.39, 0.29) is 5.49 Å². The molecule has 0 aliphatic carbocycles. The van der Waals surface area contributed by atoms with Crippen molar-refractivity contribution in [3.63, 3.8) is 0 Å². The third kappa shape index (κ3) is 0.763. The Balaban J connectivity index is 3.01. The molecule has 0 radical (unpaired) electrons. The molecule has 0 aromatic carbocycles. The Hall–Kier alpha value is -1.91. The zero-order valence-electron chi connectivity index (χ0n) is 6.20. The molecule has 2 heterocycles. The van der Waals surface area contributed by atoms with E-state index >= 15 is 0 Å². The summed E-state index contributed by atoms with van der Waals surface area (Å²) >= 11 is 0. The van der Waals surface area contributed by atoms with Crippen molar-refractivity contribution in [3.05, 3.63) is 23.9 Å². The van der Waals surface area contributed by atoms with Crippen LogP contribution in [0.3, 0.4) is 0 Å². The summed E-state index contributed by atoms with van der Waals surface area (Å²) < 4.78 is 1.44. The van der Waals surface area contributed by atoms with E-state index in [2.05, 4.69) is 9.97 Å². The van der Waals surface area contributed by atoms with Crippen molar-refractivity contribution in [2.75, 3.05) is 0 Å².